The first-order chi connectivity index (χ1) is 5.52. The third-order valence-electron chi connectivity index (χ3n) is 2.29. The fourth-order valence-electron chi connectivity index (χ4n) is 1.54. The molecule has 1 aliphatic rings. The summed E-state index contributed by atoms with van der Waals surface area (Å²) in [4.78, 5) is 21.5. The maximum atomic E-state index is 10.9. The van der Waals surface area contributed by atoms with Gasteiger partial charge in [0.25, 0.3) is 0 Å². The molecule has 1 rings (SSSR count). The highest BCUT2D eigenvalue weighted by atomic mass is 16.4. The average Bonchev–Trinajstić information content (AvgIpc) is 2.31. The van der Waals surface area contributed by atoms with Crippen LogP contribution in [0.3, 0.4) is 0 Å². The van der Waals surface area contributed by atoms with Gasteiger partial charge in [0.05, 0.1) is 0 Å². The Kier molecular flexibility index (Phi) is 2.35. The van der Waals surface area contributed by atoms with Crippen LogP contribution in [0.1, 0.15) is 20.3 Å². The van der Waals surface area contributed by atoms with Gasteiger partial charge in [-0.1, -0.05) is 13.8 Å². The van der Waals surface area contributed by atoms with Gasteiger partial charge in [0.1, 0.15) is 6.04 Å². The number of nitrogens with one attached hydrogen (secondary N) is 1. The van der Waals surface area contributed by atoms with E-state index in [9.17, 15) is 9.59 Å². The fourth-order valence-corrected chi connectivity index (χ4v) is 1.54. The Morgan fingerprint density at radius 3 is 2.58 bits per heavy atom. The molecule has 0 aliphatic carbocycles. The summed E-state index contributed by atoms with van der Waals surface area (Å²) in [5.41, 5.74) is 0. The van der Waals surface area contributed by atoms with E-state index < -0.39 is 12.0 Å². The summed E-state index contributed by atoms with van der Waals surface area (Å²) >= 11 is 0. The van der Waals surface area contributed by atoms with Crippen LogP contribution < -0.4 is 5.32 Å². The number of amides is 1. The highest BCUT2D eigenvalue weighted by molar-refractivity contribution is 5.87. The van der Waals surface area contributed by atoms with Crippen LogP contribution in [-0.4, -0.2) is 23.0 Å². The average molecular weight is 171 g/mol. The SMILES string of the molecule is CC(C)[C@H]1CC(=O)N[C@@H]1C(=O)O. The minimum absolute atomic E-state index is 0.0602. The van der Waals surface area contributed by atoms with Crippen molar-refractivity contribution in [1.82, 2.24) is 5.32 Å². The molecule has 0 bridgehead atoms. The molecule has 0 spiro atoms. The molecule has 68 valence electrons. The molecule has 2 N–H and O–H groups in total. The second kappa shape index (κ2) is 3.13. The summed E-state index contributed by atoms with van der Waals surface area (Å²) in [6.07, 6.45) is 0.342. The lowest BCUT2D eigenvalue weighted by Crippen LogP contribution is -2.38. The standard InChI is InChI=1S/C8H13NO3/c1-4(2)5-3-6(10)9-7(5)8(11)12/h4-5,7H,3H2,1-2H3,(H,9,10)(H,11,12)/t5-,7+/m1/s1. The van der Waals surface area contributed by atoms with Crippen molar-refractivity contribution in [3.05, 3.63) is 0 Å². The van der Waals surface area contributed by atoms with Crippen molar-refractivity contribution < 1.29 is 14.7 Å². The molecule has 0 unspecified atom stereocenters. The molecule has 12 heavy (non-hydrogen) atoms. The molecule has 0 aromatic rings. The number of carbonyl (C=O) groups is 2. The molecule has 0 aromatic carbocycles. The first kappa shape index (κ1) is 9.03. The maximum Gasteiger partial charge on any atom is 0.326 e. The van der Waals surface area contributed by atoms with Crippen molar-refractivity contribution in [3.63, 3.8) is 0 Å². The highest BCUT2D eigenvalue weighted by Crippen LogP contribution is 2.24. The van der Waals surface area contributed by atoms with Gasteiger partial charge in [-0.3, -0.25) is 4.79 Å². The van der Waals surface area contributed by atoms with E-state index in [1.165, 1.54) is 0 Å². The molecule has 0 aromatic heterocycles. The van der Waals surface area contributed by atoms with Gasteiger partial charge in [0, 0.05) is 12.3 Å². The number of hydrogen-bond acceptors (Lipinski definition) is 2. The number of hydrogen-bond donors (Lipinski definition) is 2. The van der Waals surface area contributed by atoms with Gasteiger partial charge in [0.15, 0.2) is 0 Å². The van der Waals surface area contributed by atoms with E-state index in [1.54, 1.807) is 0 Å². The molecular weight excluding hydrogens is 158 g/mol. The van der Waals surface area contributed by atoms with E-state index in [2.05, 4.69) is 5.32 Å². The number of aliphatic carboxylic acids is 1. The van der Waals surface area contributed by atoms with Crippen LogP contribution in [-0.2, 0) is 9.59 Å². The molecule has 1 saturated heterocycles. The lowest BCUT2D eigenvalue weighted by atomic mass is 9.89. The molecule has 1 aliphatic heterocycles. The van der Waals surface area contributed by atoms with E-state index in [-0.39, 0.29) is 17.7 Å². The zero-order chi connectivity index (χ0) is 9.30. The van der Waals surface area contributed by atoms with Crippen LogP contribution in [0.5, 0.6) is 0 Å². The Morgan fingerprint density at radius 1 is 1.67 bits per heavy atom. The Labute approximate surface area is 71.0 Å². The van der Waals surface area contributed by atoms with Crippen molar-refractivity contribution in [2.24, 2.45) is 11.8 Å². The van der Waals surface area contributed by atoms with E-state index in [1.807, 2.05) is 13.8 Å². The predicted molar refractivity (Wildman–Crippen MR) is 42.5 cm³/mol. The van der Waals surface area contributed by atoms with Crippen LogP contribution in [0.2, 0.25) is 0 Å². The first-order valence-corrected chi connectivity index (χ1v) is 4.04. The van der Waals surface area contributed by atoms with Crippen molar-refractivity contribution in [2.45, 2.75) is 26.3 Å². The Hall–Kier alpha value is -1.06. The van der Waals surface area contributed by atoms with Gasteiger partial charge in [0.2, 0.25) is 5.91 Å². The lowest BCUT2D eigenvalue weighted by molar-refractivity contribution is -0.141. The summed E-state index contributed by atoms with van der Waals surface area (Å²) < 4.78 is 0. The van der Waals surface area contributed by atoms with Crippen LogP contribution in [0, 0.1) is 11.8 Å². The predicted octanol–water partition coefficient (Wildman–Crippen LogP) is 0.232. The second-order valence-electron chi connectivity index (χ2n) is 3.50. The third-order valence-corrected chi connectivity index (χ3v) is 2.29. The van der Waals surface area contributed by atoms with Crippen molar-refractivity contribution in [2.75, 3.05) is 0 Å². The third kappa shape index (κ3) is 1.57. The zero-order valence-corrected chi connectivity index (χ0v) is 7.20. The monoisotopic (exact) mass is 171 g/mol. The van der Waals surface area contributed by atoms with Crippen LogP contribution in [0.4, 0.5) is 0 Å². The minimum atomic E-state index is -0.931. The summed E-state index contributed by atoms with van der Waals surface area (Å²) in [6.45, 7) is 3.86. The number of rotatable bonds is 2. The molecule has 1 fully saturated rings. The van der Waals surface area contributed by atoms with Gasteiger partial charge < -0.3 is 10.4 Å². The van der Waals surface area contributed by atoms with Crippen LogP contribution in [0.15, 0.2) is 0 Å². The number of carboxylic acid groups (broad SMARTS) is 1. The minimum Gasteiger partial charge on any atom is -0.480 e. The van der Waals surface area contributed by atoms with E-state index in [0.29, 0.717) is 6.42 Å². The zero-order valence-electron chi connectivity index (χ0n) is 7.20. The Balaban J connectivity index is 2.72. The topological polar surface area (TPSA) is 66.4 Å². The van der Waals surface area contributed by atoms with Gasteiger partial charge >= 0.3 is 5.97 Å². The highest BCUT2D eigenvalue weighted by Gasteiger charge is 2.38. The van der Waals surface area contributed by atoms with E-state index in [4.69, 9.17) is 5.11 Å². The lowest BCUT2D eigenvalue weighted by Gasteiger charge is -2.17. The Bertz CT molecular complexity index is 212. The smallest absolute Gasteiger partial charge is 0.326 e. The van der Waals surface area contributed by atoms with Gasteiger partial charge in [-0.15, -0.1) is 0 Å². The molecular formula is C8H13NO3. The summed E-state index contributed by atoms with van der Waals surface area (Å²) in [6, 6.07) is -0.683. The molecule has 2 atom stereocenters. The van der Waals surface area contributed by atoms with Crippen molar-refractivity contribution in [3.8, 4) is 0 Å². The quantitative estimate of drug-likeness (QED) is 0.625. The molecule has 4 nitrogen and oxygen atoms in total. The molecule has 1 heterocycles. The normalized spacial score (nSPS) is 29.1. The van der Waals surface area contributed by atoms with Gasteiger partial charge in [-0.25, -0.2) is 4.79 Å². The maximum absolute atomic E-state index is 10.9. The Morgan fingerprint density at radius 2 is 2.25 bits per heavy atom. The van der Waals surface area contributed by atoms with Crippen LogP contribution >= 0.6 is 0 Å². The molecule has 0 saturated carbocycles. The number of carboxylic acids is 1. The number of carbonyl (C=O) groups excluding carboxylic acids is 1. The largest absolute Gasteiger partial charge is 0.480 e. The van der Waals surface area contributed by atoms with E-state index in [0.717, 1.165) is 0 Å². The summed E-state index contributed by atoms with van der Waals surface area (Å²) in [5.74, 6) is -0.916. The van der Waals surface area contributed by atoms with E-state index >= 15 is 0 Å². The molecule has 4 heteroatoms. The summed E-state index contributed by atoms with van der Waals surface area (Å²) in [7, 11) is 0. The fraction of sp³-hybridized carbons (Fsp3) is 0.750. The first-order valence-electron chi connectivity index (χ1n) is 4.04. The second-order valence-corrected chi connectivity index (χ2v) is 3.50. The molecule has 1 amide bonds. The van der Waals surface area contributed by atoms with Crippen LogP contribution in [0.25, 0.3) is 0 Å². The van der Waals surface area contributed by atoms with Crippen molar-refractivity contribution >= 4 is 11.9 Å². The van der Waals surface area contributed by atoms with Gasteiger partial charge in [-0.2, -0.15) is 0 Å². The molecule has 0 radical (unpaired) electrons. The summed E-state index contributed by atoms with van der Waals surface area (Å²) in [5, 5.41) is 11.2. The van der Waals surface area contributed by atoms with Gasteiger partial charge in [-0.05, 0) is 5.92 Å². The van der Waals surface area contributed by atoms with Crippen molar-refractivity contribution in [1.29, 1.82) is 0 Å².